The fourth-order valence-corrected chi connectivity index (χ4v) is 1.98. The summed E-state index contributed by atoms with van der Waals surface area (Å²) in [5.74, 6) is 2.72. The highest BCUT2D eigenvalue weighted by molar-refractivity contribution is 5.47. The fraction of sp³-hybridized carbons (Fsp3) is 0.692. The molecule has 0 radical (unpaired) electrons. The number of anilines is 2. The van der Waals surface area contributed by atoms with Gasteiger partial charge in [-0.15, -0.1) is 0 Å². The topological polar surface area (TPSA) is 49.8 Å². The molecule has 2 N–H and O–H groups in total. The van der Waals surface area contributed by atoms with Crippen LogP contribution >= 0.6 is 0 Å². The summed E-state index contributed by atoms with van der Waals surface area (Å²) < 4.78 is 0. The van der Waals surface area contributed by atoms with Crippen LogP contribution < -0.4 is 10.6 Å². The average Bonchev–Trinajstić information content (AvgIpc) is 3.16. The van der Waals surface area contributed by atoms with Crippen molar-refractivity contribution >= 4 is 11.6 Å². The molecular weight excluding hydrogens is 212 g/mol. The van der Waals surface area contributed by atoms with Crippen LogP contribution in [-0.2, 0) is 6.42 Å². The molecule has 0 unspecified atom stereocenters. The van der Waals surface area contributed by atoms with Crippen molar-refractivity contribution in [1.29, 1.82) is 0 Å². The minimum Gasteiger partial charge on any atom is -0.373 e. The molecule has 0 aliphatic heterocycles. The molecule has 1 saturated carbocycles. The van der Waals surface area contributed by atoms with Crippen LogP contribution in [0.5, 0.6) is 0 Å². The summed E-state index contributed by atoms with van der Waals surface area (Å²) in [7, 11) is 1.89. The lowest BCUT2D eigenvalue weighted by Crippen LogP contribution is -2.16. The van der Waals surface area contributed by atoms with Gasteiger partial charge in [-0.05, 0) is 24.7 Å². The average molecular weight is 234 g/mol. The number of nitrogens with zero attached hydrogens (tertiary/aromatic N) is 2. The molecule has 1 heterocycles. The van der Waals surface area contributed by atoms with E-state index in [-0.39, 0.29) is 0 Å². The predicted octanol–water partition coefficient (Wildman–Crippen LogP) is 2.68. The van der Waals surface area contributed by atoms with E-state index in [9.17, 15) is 0 Å². The normalized spacial score (nSPS) is 16.6. The minimum atomic E-state index is 0.539. The van der Waals surface area contributed by atoms with Crippen molar-refractivity contribution in [3.8, 4) is 0 Å². The van der Waals surface area contributed by atoms with Crippen LogP contribution in [0.2, 0.25) is 0 Å². The van der Waals surface area contributed by atoms with Crippen molar-refractivity contribution in [2.45, 2.75) is 39.5 Å². The van der Waals surface area contributed by atoms with Gasteiger partial charge < -0.3 is 10.6 Å². The van der Waals surface area contributed by atoms with Gasteiger partial charge >= 0.3 is 0 Å². The first-order valence-corrected chi connectivity index (χ1v) is 6.51. The van der Waals surface area contributed by atoms with E-state index in [4.69, 9.17) is 0 Å². The van der Waals surface area contributed by atoms with Crippen LogP contribution in [0.25, 0.3) is 0 Å². The van der Waals surface area contributed by atoms with Crippen LogP contribution in [0.3, 0.4) is 0 Å². The molecule has 1 aliphatic rings. The zero-order valence-electron chi connectivity index (χ0n) is 11.0. The maximum absolute atomic E-state index is 4.50. The quantitative estimate of drug-likeness (QED) is 0.794. The predicted molar refractivity (Wildman–Crippen MR) is 71.4 cm³/mol. The monoisotopic (exact) mass is 234 g/mol. The highest BCUT2D eigenvalue weighted by Crippen LogP contribution is 2.48. The van der Waals surface area contributed by atoms with Crippen molar-refractivity contribution in [2.75, 3.05) is 24.2 Å². The van der Waals surface area contributed by atoms with Gasteiger partial charge in [0.15, 0.2) is 0 Å². The molecule has 0 aromatic carbocycles. The summed E-state index contributed by atoms with van der Waals surface area (Å²) in [6.45, 7) is 5.38. The standard InChI is InChI=1S/C13H22N4/c1-4-10-16-11(14-3)8-12(17-10)15-9-13(5-2)6-7-13/h8H,4-7,9H2,1-3H3,(H2,14,15,16,17). The zero-order chi connectivity index (χ0) is 12.3. The summed E-state index contributed by atoms with van der Waals surface area (Å²) in [5, 5.41) is 6.53. The lowest BCUT2D eigenvalue weighted by Gasteiger charge is -2.15. The SMILES string of the molecule is CCc1nc(NC)cc(NCC2(CC)CC2)n1. The Labute approximate surface area is 103 Å². The Morgan fingerprint density at radius 1 is 1.24 bits per heavy atom. The second-order valence-corrected chi connectivity index (χ2v) is 4.87. The van der Waals surface area contributed by atoms with E-state index in [1.807, 2.05) is 13.1 Å². The van der Waals surface area contributed by atoms with Crippen molar-refractivity contribution in [3.63, 3.8) is 0 Å². The smallest absolute Gasteiger partial charge is 0.132 e. The minimum absolute atomic E-state index is 0.539. The highest BCUT2D eigenvalue weighted by Gasteiger charge is 2.40. The summed E-state index contributed by atoms with van der Waals surface area (Å²) in [4.78, 5) is 8.89. The van der Waals surface area contributed by atoms with Crippen LogP contribution in [0.1, 0.15) is 38.9 Å². The van der Waals surface area contributed by atoms with Crippen LogP contribution in [0, 0.1) is 5.41 Å². The Kier molecular flexibility index (Phi) is 3.50. The van der Waals surface area contributed by atoms with Gasteiger partial charge in [0.1, 0.15) is 17.5 Å². The van der Waals surface area contributed by atoms with E-state index in [2.05, 4.69) is 34.4 Å². The van der Waals surface area contributed by atoms with E-state index in [0.717, 1.165) is 30.4 Å². The molecule has 1 aliphatic carbocycles. The molecule has 2 rings (SSSR count). The van der Waals surface area contributed by atoms with Gasteiger partial charge in [-0.2, -0.15) is 0 Å². The Bertz CT molecular complexity index is 363. The highest BCUT2D eigenvalue weighted by atomic mass is 15.1. The Balaban J connectivity index is 2.04. The second kappa shape index (κ2) is 4.90. The molecule has 4 nitrogen and oxygen atoms in total. The molecule has 1 aromatic rings. The molecule has 0 bridgehead atoms. The summed E-state index contributed by atoms with van der Waals surface area (Å²) in [6.07, 6.45) is 4.82. The van der Waals surface area contributed by atoms with Gasteiger partial charge in [0.25, 0.3) is 0 Å². The van der Waals surface area contributed by atoms with E-state index in [1.165, 1.54) is 19.3 Å². The van der Waals surface area contributed by atoms with Gasteiger partial charge in [0.05, 0.1) is 0 Å². The van der Waals surface area contributed by atoms with Crippen LogP contribution in [0.4, 0.5) is 11.6 Å². The summed E-state index contributed by atoms with van der Waals surface area (Å²) in [6, 6.07) is 1.98. The third kappa shape index (κ3) is 2.87. The molecule has 4 heteroatoms. The molecular formula is C13H22N4. The van der Waals surface area contributed by atoms with Crippen molar-refractivity contribution in [3.05, 3.63) is 11.9 Å². The maximum Gasteiger partial charge on any atom is 0.132 e. The van der Waals surface area contributed by atoms with Gasteiger partial charge in [0.2, 0.25) is 0 Å². The molecule has 0 atom stereocenters. The number of rotatable bonds is 6. The lowest BCUT2D eigenvalue weighted by atomic mass is 10.0. The van der Waals surface area contributed by atoms with Gasteiger partial charge in [-0.3, -0.25) is 0 Å². The number of aryl methyl sites for hydroxylation is 1. The maximum atomic E-state index is 4.50. The molecule has 0 saturated heterocycles. The summed E-state index contributed by atoms with van der Waals surface area (Å²) >= 11 is 0. The number of aromatic nitrogens is 2. The van der Waals surface area contributed by atoms with Gasteiger partial charge in [0, 0.05) is 26.1 Å². The fourth-order valence-electron chi connectivity index (χ4n) is 1.98. The molecule has 0 spiro atoms. The zero-order valence-corrected chi connectivity index (χ0v) is 11.0. The Morgan fingerprint density at radius 3 is 2.47 bits per heavy atom. The molecule has 0 amide bonds. The largest absolute Gasteiger partial charge is 0.373 e. The Hall–Kier alpha value is -1.32. The second-order valence-electron chi connectivity index (χ2n) is 4.87. The Morgan fingerprint density at radius 2 is 1.94 bits per heavy atom. The first-order chi connectivity index (χ1) is 8.21. The third-order valence-corrected chi connectivity index (χ3v) is 3.70. The van der Waals surface area contributed by atoms with Gasteiger partial charge in [-0.1, -0.05) is 13.8 Å². The number of hydrogen-bond donors (Lipinski definition) is 2. The van der Waals surface area contributed by atoms with E-state index < -0.39 is 0 Å². The van der Waals surface area contributed by atoms with Crippen molar-refractivity contribution in [1.82, 2.24) is 9.97 Å². The third-order valence-electron chi connectivity index (χ3n) is 3.70. The first kappa shape index (κ1) is 12.1. The molecule has 94 valence electrons. The van der Waals surface area contributed by atoms with Crippen LogP contribution in [0.15, 0.2) is 6.07 Å². The summed E-state index contributed by atoms with van der Waals surface area (Å²) in [5.41, 5.74) is 0.539. The molecule has 1 fully saturated rings. The van der Waals surface area contributed by atoms with E-state index >= 15 is 0 Å². The van der Waals surface area contributed by atoms with Crippen molar-refractivity contribution in [2.24, 2.45) is 5.41 Å². The van der Waals surface area contributed by atoms with Crippen LogP contribution in [-0.4, -0.2) is 23.6 Å². The molecule has 1 aromatic heterocycles. The molecule has 17 heavy (non-hydrogen) atoms. The first-order valence-electron chi connectivity index (χ1n) is 6.51. The lowest BCUT2D eigenvalue weighted by molar-refractivity contribution is 0.520. The number of nitrogens with one attached hydrogen (secondary N) is 2. The van der Waals surface area contributed by atoms with Gasteiger partial charge in [-0.25, -0.2) is 9.97 Å². The van der Waals surface area contributed by atoms with Crippen molar-refractivity contribution < 1.29 is 0 Å². The van der Waals surface area contributed by atoms with E-state index in [0.29, 0.717) is 5.41 Å². The van der Waals surface area contributed by atoms with E-state index in [1.54, 1.807) is 0 Å². The number of hydrogen-bond acceptors (Lipinski definition) is 4.